The van der Waals surface area contributed by atoms with Gasteiger partial charge in [-0.2, -0.15) is 0 Å². The molecule has 0 unspecified atom stereocenters. The third-order valence-corrected chi connectivity index (χ3v) is 6.53. The molecular weight excluding hydrogens is 349 g/mol. The lowest BCUT2D eigenvalue weighted by Gasteiger charge is -2.55. The Morgan fingerprint density at radius 1 is 1.15 bits per heavy atom. The van der Waals surface area contributed by atoms with Gasteiger partial charge >= 0.3 is 5.97 Å². The number of hydrogen-bond acceptors (Lipinski definition) is 4. The van der Waals surface area contributed by atoms with Crippen molar-refractivity contribution in [2.75, 3.05) is 13.7 Å². The Labute approximate surface area is 158 Å². The van der Waals surface area contributed by atoms with Crippen LogP contribution >= 0.6 is 0 Å². The predicted molar refractivity (Wildman–Crippen MR) is 96.4 cm³/mol. The second-order valence-corrected chi connectivity index (χ2v) is 8.51. The zero-order valence-corrected chi connectivity index (χ0v) is 15.6. The molecule has 0 heterocycles. The molecule has 146 valence electrons. The van der Waals surface area contributed by atoms with E-state index >= 15 is 0 Å². The van der Waals surface area contributed by atoms with Crippen molar-refractivity contribution >= 4 is 11.9 Å². The summed E-state index contributed by atoms with van der Waals surface area (Å²) in [6.07, 6.45) is 6.70. The van der Waals surface area contributed by atoms with Gasteiger partial charge in [0.15, 0.2) is 11.6 Å². The van der Waals surface area contributed by atoms with E-state index in [0.717, 1.165) is 19.3 Å². The van der Waals surface area contributed by atoms with E-state index in [2.05, 4.69) is 5.32 Å². The van der Waals surface area contributed by atoms with E-state index in [1.54, 1.807) is 6.07 Å². The topological polar surface area (TPSA) is 64.6 Å². The van der Waals surface area contributed by atoms with E-state index in [1.807, 2.05) is 0 Å². The van der Waals surface area contributed by atoms with Gasteiger partial charge < -0.3 is 14.8 Å². The third kappa shape index (κ3) is 3.66. The largest absolute Gasteiger partial charge is 0.494 e. The fourth-order valence-corrected chi connectivity index (χ4v) is 5.74. The molecule has 4 bridgehead atoms. The highest BCUT2D eigenvalue weighted by atomic mass is 19.1. The van der Waals surface area contributed by atoms with E-state index in [0.29, 0.717) is 23.3 Å². The first-order valence-corrected chi connectivity index (χ1v) is 9.74. The fraction of sp³-hybridized carbons (Fsp3) is 0.619. The van der Waals surface area contributed by atoms with Crippen molar-refractivity contribution in [2.45, 2.75) is 45.1 Å². The van der Waals surface area contributed by atoms with Crippen LogP contribution in [0.5, 0.6) is 5.75 Å². The molecule has 0 atom stereocenters. The van der Waals surface area contributed by atoms with E-state index < -0.39 is 11.8 Å². The minimum atomic E-state index is -0.510. The monoisotopic (exact) mass is 375 g/mol. The highest BCUT2D eigenvalue weighted by Crippen LogP contribution is 2.60. The molecule has 6 heteroatoms. The minimum absolute atomic E-state index is 0.00837. The number of benzene rings is 1. The van der Waals surface area contributed by atoms with E-state index in [-0.39, 0.29) is 30.2 Å². The van der Waals surface area contributed by atoms with Crippen molar-refractivity contribution < 1.29 is 23.5 Å². The van der Waals surface area contributed by atoms with Gasteiger partial charge in [0.05, 0.1) is 7.11 Å². The zero-order valence-electron chi connectivity index (χ0n) is 15.6. The third-order valence-electron chi connectivity index (χ3n) is 6.53. The molecule has 5 nitrogen and oxygen atoms in total. The maximum Gasteiger partial charge on any atom is 0.325 e. The molecule has 4 aliphatic rings. The van der Waals surface area contributed by atoms with Gasteiger partial charge in [-0.15, -0.1) is 0 Å². The summed E-state index contributed by atoms with van der Waals surface area (Å²) in [6, 6.07) is 4.41. The second-order valence-electron chi connectivity index (χ2n) is 8.51. The number of esters is 1. The highest BCUT2D eigenvalue weighted by Gasteiger charge is 2.54. The first kappa shape index (κ1) is 18.3. The summed E-state index contributed by atoms with van der Waals surface area (Å²) in [5, 5.41) is 2.80. The summed E-state index contributed by atoms with van der Waals surface area (Å²) in [6.45, 7) is -0.174. The van der Waals surface area contributed by atoms with Gasteiger partial charge in [0.25, 0.3) is 0 Å². The second kappa shape index (κ2) is 7.13. The molecule has 1 aromatic rings. The van der Waals surface area contributed by atoms with Crippen LogP contribution in [-0.4, -0.2) is 25.5 Å². The molecule has 4 aliphatic carbocycles. The highest BCUT2D eigenvalue weighted by molar-refractivity contribution is 5.86. The molecule has 0 aromatic heterocycles. The zero-order chi connectivity index (χ0) is 19.0. The van der Waals surface area contributed by atoms with Crippen molar-refractivity contribution in [3.8, 4) is 5.75 Å². The van der Waals surface area contributed by atoms with Crippen LogP contribution in [0, 0.1) is 29.0 Å². The number of rotatable bonds is 6. The van der Waals surface area contributed by atoms with Crippen LogP contribution in [-0.2, 0) is 20.9 Å². The summed E-state index contributed by atoms with van der Waals surface area (Å²) in [4.78, 5) is 24.8. The molecule has 0 aliphatic heterocycles. The fourth-order valence-electron chi connectivity index (χ4n) is 5.74. The lowest BCUT2D eigenvalue weighted by molar-refractivity contribution is -0.151. The number of methoxy groups -OCH3 is 1. The predicted octanol–water partition coefficient (Wildman–Crippen LogP) is 3.21. The standard InChI is InChI=1S/C21H26FNO4/c1-26-18-3-2-13(7-17(18)22)12-27-19(24)11-23-20(25)21-8-14-4-15(9-21)6-16(5-14)10-21/h2-3,7,14-16H,4-6,8-12H2,1H3,(H,23,25). The van der Waals surface area contributed by atoms with E-state index in [1.165, 1.54) is 38.5 Å². The van der Waals surface area contributed by atoms with Crippen LogP contribution in [0.15, 0.2) is 18.2 Å². The summed E-state index contributed by atoms with van der Waals surface area (Å²) in [5.74, 6) is 1.18. The Kier molecular flexibility index (Phi) is 4.82. The van der Waals surface area contributed by atoms with Gasteiger partial charge in [0.2, 0.25) is 5.91 Å². The molecule has 0 radical (unpaired) electrons. The molecule has 5 rings (SSSR count). The summed E-state index contributed by atoms with van der Waals surface area (Å²) >= 11 is 0. The van der Waals surface area contributed by atoms with Crippen LogP contribution in [0.4, 0.5) is 4.39 Å². The number of nitrogens with one attached hydrogen (secondary N) is 1. The Bertz CT molecular complexity index is 712. The van der Waals surface area contributed by atoms with Gasteiger partial charge in [-0.3, -0.25) is 9.59 Å². The number of carbonyl (C=O) groups is 2. The van der Waals surface area contributed by atoms with Crippen LogP contribution in [0.1, 0.15) is 44.1 Å². The SMILES string of the molecule is COc1ccc(COC(=O)CNC(=O)C23CC4CC(CC(C4)C2)C3)cc1F. The van der Waals surface area contributed by atoms with Gasteiger partial charge in [-0.05, 0) is 74.0 Å². The maximum absolute atomic E-state index is 13.7. The van der Waals surface area contributed by atoms with Crippen LogP contribution < -0.4 is 10.1 Å². The maximum atomic E-state index is 13.7. The number of halogens is 1. The summed E-state index contributed by atoms with van der Waals surface area (Å²) < 4.78 is 23.7. The molecule has 4 fully saturated rings. The molecule has 0 saturated heterocycles. The Hall–Kier alpha value is -2.11. The lowest BCUT2D eigenvalue weighted by Crippen LogP contribution is -2.54. The number of amides is 1. The van der Waals surface area contributed by atoms with E-state index in [9.17, 15) is 14.0 Å². The normalized spacial score (nSPS) is 30.8. The Balaban J connectivity index is 1.27. The van der Waals surface area contributed by atoms with Gasteiger partial charge in [-0.1, -0.05) is 6.07 Å². The molecule has 1 aromatic carbocycles. The quantitative estimate of drug-likeness (QED) is 0.776. The first-order valence-electron chi connectivity index (χ1n) is 9.74. The first-order chi connectivity index (χ1) is 13.0. The molecule has 0 spiro atoms. The number of hydrogen-bond donors (Lipinski definition) is 1. The minimum Gasteiger partial charge on any atom is -0.494 e. The average Bonchev–Trinajstić information content (AvgIpc) is 2.63. The average molecular weight is 375 g/mol. The number of ether oxygens (including phenoxy) is 2. The van der Waals surface area contributed by atoms with Gasteiger partial charge in [-0.25, -0.2) is 4.39 Å². The summed E-state index contributed by atoms with van der Waals surface area (Å²) in [5.41, 5.74) is 0.266. The molecular formula is C21H26FNO4. The molecule has 4 saturated carbocycles. The Morgan fingerprint density at radius 2 is 1.78 bits per heavy atom. The van der Waals surface area contributed by atoms with Crippen LogP contribution in [0.25, 0.3) is 0 Å². The van der Waals surface area contributed by atoms with Crippen molar-refractivity contribution in [3.63, 3.8) is 0 Å². The lowest BCUT2D eigenvalue weighted by atomic mass is 9.49. The smallest absolute Gasteiger partial charge is 0.325 e. The van der Waals surface area contributed by atoms with Crippen LogP contribution in [0.2, 0.25) is 0 Å². The van der Waals surface area contributed by atoms with Gasteiger partial charge in [0, 0.05) is 5.41 Å². The molecule has 1 N–H and O–H groups in total. The van der Waals surface area contributed by atoms with Crippen molar-refractivity contribution in [1.29, 1.82) is 0 Å². The Morgan fingerprint density at radius 3 is 2.33 bits per heavy atom. The summed E-state index contributed by atoms with van der Waals surface area (Å²) in [7, 11) is 1.39. The van der Waals surface area contributed by atoms with Crippen molar-refractivity contribution in [3.05, 3.63) is 29.6 Å². The van der Waals surface area contributed by atoms with Crippen molar-refractivity contribution in [1.82, 2.24) is 5.32 Å². The molecule has 1 amide bonds. The molecule has 27 heavy (non-hydrogen) atoms. The van der Waals surface area contributed by atoms with Gasteiger partial charge in [0.1, 0.15) is 13.2 Å². The van der Waals surface area contributed by atoms with Crippen molar-refractivity contribution in [2.24, 2.45) is 23.2 Å². The number of carbonyl (C=O) groups excluding carboxylic acids is 2. The van der Waals surface area contributed by atoms with E-state index in [4.69, 9.17) is 9.47 Å². The van der Waals surface area contributed by atoms with Crippen LogP contribution in [0.3, 0.4) is 0 Å².